The fourth-order valence-corrected chi connectivity index (χ4v) is 3.05. The van der Waals surface area contributed by atoms with Crippen LogP contribution in [0.1, 0.15) is 22.3 Å². The first kappa shape index (κ1) is 12.1. The molecule has 4 heteroatoms. The van der Waals surface area contributed by atoms with E-state index in [9.17, 15) is 0 Å². The van der Waals surface area contributed by atoms with Gasteiger partial charge >= 0.3 is 0 Å². The van der Waals surface area contributed by atoms with E-state index in [2.05, 4.69) is 21.9 Å². The number of rotatable bonds is 4. The van der Waals surface area contributed by atoms with E-state index in [0.29, 0.717) is 0 Å². The highest BCUT2D eigenvalue weighted by Gasteiger charge is 2.24. The first-order valence-corrected chi connectivity index (χ1v) is 6.60. The fourth-order valence-electron chi connectivity index (χ4n) is 3.05. The lowest BCUT2D eigenvalue weighted by Gasteiger charge is -2.12. The van der Waals surface area contributed by atoms with Gasteiger partial charge in [-0.25, -0.2) is 0 Å². The van der Waals surface area contributed by atoms with Crippen molar-refractivity contribution in [3.05, 3.63) is 34.4 Å². The van der Waals surface area contributed by atoms with Crippen LogP contribution in [0.2, 0.25) is 0 Å². The summed E-state index contributed by atoms with van der Waals surface area (Å²) >= 11 is 0. The minimum Gasteiger partial charge on any atom is -0.395 e. The van der Waals surface area contributed by atoms with Gasteiger partial charge in [-0.05, 0) is 22.3 Å². The van der Waals surface area contributed by atoms with Gasteiger partial charge in [-0.3, -0.25) is 9.80 Å². The van der Waals surface area contributed by atoms with Crippen molar-refractivity contribution in [2.75, 3.05) is 26.3 Å². The van der Waals surface area contributed by atoms with E-state index < -0.39 is 0 Å². The lowest BCUT2D eigenvalue weighted by molar-refractivity contribution is 0.196. The van der Waals surface area contributed by atoms with E-state index in [0.717, 1.165) is 39.3 Å². The molecule has 0 amide bonds. The number of fused-ring (bicyclic) bond motifs is 2. The second-order valence-corrected chi connectivity index (χ2v) is 5.26. The van der Waals surface area contributed by atoms with Crippen molar-refractivity contribution in [2.24, 2.45) is 0 Å². The number of aliphatic hydroxyl groups is 2. The zero-order valence-corrected chi connectivity index (χ0v) is 10.6. The van der Waals surface area contributed by atoms with Crippen LogP contribution >= 0.6 is 0 Å². The third-order valence-corrected chi connectivity index (χ3v) is 3.93. The summed E-state index contributed by atoms with van der Waals surface area (Å²) in [6.45, 7) is 5.83. The molecule has 0 aromatic heterocycles. The summed E-state index contributed by atoms with van der Waals surface area (Å²) in [6, 6.07) is 4.64. The molecule has 1 aromatic rings. The van der Waals surface area contributed by atoms with Gasteiger partial charge in [-0.2, -0.15) is 0 Å². The number of hydrogen-bond donors (Lipinski definition) is 2. The third-order valence-electron chi connectivity index (χ3n) is 3.93. The Hall–Kier alpha value is -0.940. The quantitative estimate of drug-likeness (QED) is 0.805. The molecule has 98 valence electrons. The van der Waals surface area contributed by atoms with Crippen LogP contribution in [0, 0.1) is 0 Å². The van der Waals surface area contributed by atoms with E-state index in [1.807, 2.05) is 0 Å². The van der Waals surface area contributed by atoms with Crippen molar-refractivity contribution in [2.45, 2.75) is 26.2 Å². The molecule has 0 spiro atoms. The van der Waals surface area contributed by atoms with Gasteiger partial charge in [0.15, 0.2) is 0 Å². The molecule has 2 aliphatic rings. The van der Waals surface area contributed by atoms with Gasteiger partial charge in [0.25, 0.3) is 0 Å². The summed E-state index contributed by atoms with van der Waals surface area (Å²) in [5.74, 6) is 0. The molecule has 2 heterocycles. The highest BCUT2D eigenvalue weighted by Crippen LogP contribution is 2.30. The Labute approximate surface area is 107 Å². The maximum absolute atomic E-state index is 8.99. The molecular formula is C14H20N2O2. The fraction of sp³-hybridized carbons (Fsp3) is 0.571. The Morgan fingerprint density at radius 3 is 1.33 bits per heavy atom. The molecule has 3 rings (SSSR count). The van der Waals surface area contributed by atoms with Crippen molar-refractivity contribution in [3.63, 3.8) is 0 Å². The third kappa shape index (κ3) is 2.17. The van der Waals surface area contributed by atoms with Gasteiger partial charge in [0.1, 0.15) is 0 Å². The zero-order valence-electron chi connectivity index (χ0n) is 10.6. The van der Waals surface area contributed by atoms with Crippen LogP contribution in [0.25, 0.3) is 0 Å². The van der Waals surface area contributed by atoms with Gasteiger partial charge in [-0.15, -0.1) is 0 Å². The minimum absolute atomic E-state index is 0.234. The molecule has 4 nitrogen and oxygen atoms in total. The van der Waals surface area contributed by atoms with Crippen LogP contribution < -0.4 is 0 Å². The summed E-state index contributed by atoms with van der Waals surface area (Å²) < 4.78 is 0. The van der Waals surface area contributed by atoms with Crippen LogP contribution in [-0.2, 0) is 26.2 Å². The Morgan fingerprint density at radius 2 is 1.06 bits per heavy atom. The van der Waals surface area contributed by atoms with E-state index >= 15 is 0 Å². The number of aliphatic hydroxyl groups excluding tert-OH is 2. The zero-order chi connectivity index (χ0) is 12.5. The van der Waals surface area contributed by atoms with Crippen molar-refractivity contribution < 1.29 is 10.2 Å². The van der Waals surface area contributed by atoms with E-state index in [-0.39, 0.29) is 13.2 Å². The number of β-amino-alcohol motifs (C(OH)–C–C–N with tert-alkyl or cyclic N) is 2. The molecule has 2 N–H and O–H groups in total. The molecule has 0 saturated heterocycles. The highest BCUT2D eigenvalue weighted by atomic mass is 16.3. The van der Waals surface area contributed by atoms with Crippen LogP contribution in [0.4, 0.5) is 0 Å². The van der Waals surface area contributed by atoms with Crippen LogP contribution in [0.15, 0.2) is 12.1 Å². The highest BCUT2D eigenvalue weighted by molar-refractivity contribution is 5.42. The van der Waals surface area contributed by atoms with Gasteiger partial charge in [0, 0.05) is 39.3 Å². The topological polar surface area (TPSA) is 46.9 Å². The van der Waals surface area contributed by atoms with Crippen molar-refractivity contribution >= 4 is 0 Å². The van der Waals surface area contributed by atoms with Gasteiger partial charge in [-0.1, -0.05) is 12.1 Å². The number of benzene rings is 1. The normalized spacial score (nSPS) is 19.2. The first-order chi connectivity index (χ1) is 8.80. The number of nitrogens with zero attached hydrogens (tertiary/aromatic N) is 2. The van der Waals surface area contributed by atoms with Crippen LogP contribution in [0.3, 0.4) is 0 Å². The SMILES string of the molecule is OCCN1Cc2cc3c(cc2C1)CN(CCO)C3. The molecule has 0 fully saturated rings. The molecule has 0 unspecified atom stereocenters. The molecule has 0 saturated carbocycles. The average Bonchev–Trinajstić information content (AvgIpc) is 2.88. The molecule has 0 radical (unpaired) electrons. The van der Waals surface area contributed by atoms with Crippen LogP contribution in [0.5, 0.6) is 0 Å². The predicted octanol–water partition coefficient (Wildman–Crippen LogP) is 0.302. The monoisotopic (exact) mass is 248 g/mol. The van der Waals surface area contributed by atoms with Crippen molar-refractivity contribution in [3.8, 4) is 0 Å². The van der Waals surface area contributed by atoms with E-state index in [4.69, 9.17) is 10.2 Å². The first-order valence-electron chi connectivity index (χ1n) is 6.60. The standard InChI is InChI=1S/C14H20N2O2/c17-3-1-15-7-11-5-13-9-16(2-4-18)10-14(13)6-12(11)8-15/h5-6,17-18H,1-4,7-10H2. The maximum Gasteiger partial charge on any atom is 0.0558 e. The van der Waals surface area contributed by atoms with E-state index in [1.165, 1.54) is 22.3 Å². The van der Waals surface area contributed by atoms with Crippen molar-refractivity contribution in [1.29, 1.82) is 0 Å². The average molecular weight is 248 g/mol. The van der Waals surface area contributed by atoms with Gasteiger partial charge in [0.2, 0.25) is 0 Å². The second-order valence-electron chi connectivity index (χ2n) is 5.26. The molecular weight excluding hydrogens is 228 g/mol. The van der Waals surface area contributed by atoms with Crippen LogP contribution in [-0.4, -0.2) is 46.3 Å². The summed E-state index contributed by atoms with van der Waals surface area (Å²) in [7, 11) is 0. The number of hydrogen-bond acceptors (Lipinski definition) is 4. The molecule has 2 aliphatic heterocycles. The van der Waals surface area contributed by atoms with Gasteiger partial charge in [0.05, 0.1) is 13.2 Å². The largest absolute Gasteiger partial charge is 0.395 e. The summed E-state index contributed by atoms with van der Waals surface area (Å²) in [4.78, 5) is 4.57. The predicted molar refractivity (Wildman–Crippen MR) is 68.8 cm³/mol. The molecule has 0 aliphatic carbocycles. The Morgan fingerprint density at radius 1 is 0.722 bits per heavy atom. The Balaban J connectivity index is 1.76. The Kier molecular flexibility index (Phi) is 3.35. The minimum atomic E-state index is 0.234. The molecule has 0 bridgehead atoms. The summed E-state index contributed by atoms with van der Waals surface area (Å²) in [5.41, 5.74) is 5.64. The molecule has 18 heavy (non-hydrogen) atoms. The maximum atomic E-state index is 8.99. The summed E-state index contributed by atoms with van der Waals surface area (Å²) in [6.07, 6.45) is 0. The lowest BCUT2D eigenvalue weighted by Crippen LogP contribution is -2.20. The van der Waals surface area contributed by atoms with Gasteiger partial charge < -0.3 is 10.2 Å². The second kappa shape index (κ2) is 4.97. The smallest absolute Gasteiger partial charge is 0.0558 e. The Bertz CT molecular complexity index is 375. The summed E-state index contributed by atoms with van der Waals surface area (Å²) in [5, 5.41) is 18.0. The molecule has 1 aromatic carbocycles. The van der Waals surface area contributed by atoms with E-state index in [1.54, 1.807) is 0 Å². The lowest BCUT2D eigenvalue weighted by atomic mass is 10.0. The van der Waals surface area contributed by atoms with Crippen molar-refractivity contribution in [1.82, 2.24) is 9.80 Å². The molecule has 0 atom stereocenters.